The van der Waals surface area contributed by atoms with Crippen LogP contribution in [0, 0.1) is 25.2 Å². The highest BCUT2D eigenvalue weighted by atomic mass is 35.5. The van der Waals surface area contributed by atoms with Crippen LogP contribution in [0.5, 0.6) is 11.5 Å². The molecule has 0 bridgehead atoms. The fraction of sp³-hybridized carbons (Fsp3) is 0.133. The quantitative estimate of drug-likeness (QED) is 0.152. The predicted molar refractivity (Wildman–Crippen MR) is 234 cm³/mol. The van der Waals surface area contributed by atoms with Crippen LogP contribution in [0.1, 0.15) is 31.9 Å². The Bertz CT molecular complexity index is 3410. The molecule has 4 aromatic carbocycles. The van der Waals surface area contributed by atoms with Crippen LogP contribution in [0.3, 0.4) is 0 Å². The van der Waals surface area contributed by atoms with E-state index < -0.39 is 11.1 Å². The van der Waals surface area contributed by atoms with E-state index in [0.717, 1.165) is 33.6 Å². The number of aromatic nitrogens is 8. The summed E-state index contributed by atoms with van der Waals surface area (Å²) in [6.07, 6.45) is 0. The van der Waals surface area contributed by atoms with Crippen molar-refractivity contribution in [3.63, 3.8) is 0 Å². The van der Waals surface area contributed by atoms with Crippen LogP contribution in [0.15, 0.2) is 115 Å². The lowest BCUT2D eigenvalue weighted by atomic mass is 10.1. The SMILES string of the molecule is C.C.COc1cccc2oc(-c3c(C#N)nc4c(-c5ccccc5)c(C)[nH]n4c3=O)nc12.COc1cccc2oc(-c3c(Cl)nc4c(-c5ccccc5)c(C)[nH]n4c3=O)nc12. The molecular formula is C45H38ClN9O6. The van der Waals surface area contributed by atoms with Crippen LogP contribution in [0.2, 0.25) is 5.15 Å². The Hall–Kier alpha value is -7.96. The van der Waals surface area contributed by atoms with Gasteiger partial charge >= 0.3 is 0 Å². The molecule has 2 N–H and O–H groups in total. The summed E-state index contributed by atoms with van der Waals surface area (Å²) in [5.41, 5.74) is 6.87. The number of nitrogens with zero attached hydrogens (tertiary/aromatic N) is 7. The summed E-state index contributed by atoms with van der Waals surface area (Å²) in [5, 5.41) is 15.9. The number of halogens is 1. The maximum Gasteiger partial charge on any atom is 0.287 e. The smallest absolute Gasteiger partial charge is 0.287 e. The molecule has 306 valence electrons. The molecule has 10 aromatic rings. The Balaban J connectivity index is 0.000000178. The molecule has 0 amide bonds. The largest absolute Gasteiger partial charge is 0.494 e. The van der Waals surface area contributed by atoms with Gasteiger partial charge in [-0.3, -0.25) is 19.8 Å². The van der Waals surface area contributed by atoms with Gasteiger partial charge < -0.3 is 18.3 Å². The average molecular weight is 836 g/mol. The van der Waals surface area contributed by atoms with Crippen molar-refractivity contribution >= 4 is 45.1 Å². The van der Waals surface area contributed by atoms with E-state index in [-0.39, 0.29) is 48.6 Å². The van der Waals surface area contributed by atoms with Crippen LogP contribution >= 0.6 is 11.6 Å². The molecule has 10 rings (SSSR count). The van der Waals surface area contributed by atoms with Crippen LogP contribution in [0.4, 0.5) is 0 Å². The Morgan fingerprint density at radius 1 is 0.607 bits per heavy atom. The Morgan fingerprint density at radius 2 is 1.05 bits per heavy atom. The minimum atomic E-state index is -0.465. The van der Waals surface area contributed by atoms with Crippen molar-refractivity contribution < 1.29 is 18.3 Å². The lowest BCUT2D eigenvalue weighted by Crippen LogP contribution is -2.19. The van der Waals surface area contributed by atoms with Crippen LogP contribution in [-0.4, -0.2) is 53.4 Å². The molecule has 0 aliphatic rings. The molecule has 0 fully saturated rings. The number of aryl methyl sites for hydroxylation is 2. The number of hydrogen-bond donors (Lipinski definition) is 2. The van der Waals surface area contributed by atoms with Gasteiger partial charge in [-0.25, -0.2) is 29.0 Å². The highest BCUT2D eigenvalue weighted by molar-refractivity contribution is 6.32. The number of aromatic amines is 2. The molecule has 0 saturated heterocycles. The molecule has 0 aliphatic carbocycles. The van der Waals surface area contributed by atoms with Gasteiger partial charge in [0.05, 0.1) is 14.2 Å². The number of oxazole rings is 2. The molecule has 16 heteroatoms. The molecule has 0 saturated carbocycles. The van der Waals surface area contributed by atoms with Gasteiger partial charge in [-0.2, -0.15) is 5.26 Å². The van der Waals surface area contributed by atoms with Crippen molar-refractivity contribution in [3.8, 4) is 62.7 Å². The molecular weight excluding hydrogens is 798 g/mol. The Kier molecular flexibility index (Phi) is 11.0. The van der Waals surface area contributed by atoms with Crippen molar-refractivity contribution in [2.24, 2.45) is 0 Å². The minimum Gasteiger partial charge on any atom is -0.494 e. The van der Waals surface area contributed by atoms with E-state index in [1.807, 2.05) is 80.6 Å². The van der Waals surface area contributed by atoms with E-state index >= 15 is 0 Å². The first-order valence-electron chi connectivity index (χ1n) is 18.1. The number of hydrogen-bond acceptors (Lipinski definition) is 11. The first-order chi connectivity index (χ1) is 28.7. The molecule has 6 aromatic heterocycles. The number of para-hydroxylation sites is 2. The van der Waals surface area contributed by atoms with Crippen molar-refractivity contribution in [2.45, 2.75) is 28.7 Å². The van der Waals surface area contributed by atoms with Gasteiger partial charge in [-0.05, 0) is 49.2 Å². The average Bonchev–Trinajstić information content (AvgIpc) is 4.04. The monoisotopic (exact) mass is 835 g/mol. The van der Waals surface area contributed by atoms with Crippen LogP contribution in [0.25, 0.3) is 78.7 Å². The molecule has 0 spiro atoms. The molecule has 6 heterocycles. The summed E-state index contributed by atoms with van der Waals surface area (Å²) in [7, 11) is 3.07. The lowest BCUT2D eigenvalue weighted by Gasteiger charge is -2.02. The lowest BCUT2D eigenvalue weighted by molar-refractivity contribution is 0.419. The van der Waals surface area contributed by atoms with E-state index in [9.17, 15) is 14.9 Å². The first kappa shape index (κ1) is 41.2. The van der Waals surface area contributed by atoms with E-state index in [2.05, 4.69) is 30.1 Å². The molecule has 0 atom stereocenters. The minimum absolute atomic E-state index is 0. The predicted octanol–water partition coefficient (Wildman–Crippen LogP) is 9.43. The summed E-state index contributed by atoms with van der Waals surface area (Å²) in [5.74, 6) is 1.17. The third-order valence-corrected chi connectivity index (χ3v) is 10.0. The number of nitriles is 1. The van der Waals surface area contributed by atoms with Crippen molar-refractivity contribution in [1.82, 2.24) is 39.2 Å². The summed E-state index contributed by atoms with van der Waals surface area (Å²) < 4.78 is 24.9. The fourth-order valence-corrected chi connectivity index (χ4v) is 7.33. The van der Waals surface area contributed by atoms with Gasteiger partial charge in [-0.15, -0.1) is 0 Å². The number of ether oxygens (including phenoxy) is 2. The molecule has 0 unspecified atom stereocenters. The molecule has 0 radical (unpaired) electrons. The molecule has 15 nitrogen and oxygen atoms in total. The number of benzene rings is 4. The number of methoxy groups -OCH3 is 2. The normalized spacial score (nSPS) is 10.9. The number of fused-ring (bicyclic) bond motifs is 4. The second kappa shape index (κ2) is 16.4. The maximum atomic E-state index is 13.3. The third kappa shape index (κ3) is 6.84. The van der Waals surface area contributed by atoms with Gasteiger partial charge in [0.2, 0.25) is 11.8 Å². The summed E-state index contributed by atoms with van der Waals surface area (Å²) >= 11 is 6.44. The number of H-pyrrole nitrogens is 2. The second-order valence-corrected chi connectivity index (χ2v) is 13.6. The highest BCUT2D eigenvalue weighted by Crippen LogP contribution is 2.34. The maximum absolute atomic E-state index is 13.3. The summed E-state index contributed by atoms with van der Waals surface area (Å²) in [6, 6.07) is 31.8. The van der Waals surface area contributed by atoms with Crippen molar-refractivity contribution in [1.29, 1.82) is 5.26 Å². The second-order valence-electron chi connectivity index (χ2n) is 13.3. The van der Waals surface area contributed by atoms with Gasteiger partial charge in [0.15, 0.2) is 39.2 Å². The van der Waals surface area contributed by atoms with Crippen LogP contribution in [-0.2, 0) is 0 Å². The topological polar surface area (TPSA) is 195 Å². The van der Waals surface area contributed by atoms with Gasteiger partial charge in [0.25, 0.3) is 11.1 Å². The standard InChI is InChI=1S/C22H15N5O3.C21H15ClN4O3.2CH4/c1-12-17(13-7-4-3-5-8-13)20-24-14(11-23)18(22(28)27(20)26-12)21-25-19-15(29-2)9-6-10-16(19)30-21;1-11-15(12-7-4-3-5-8-12)19-24-18(22)16(21(27)26(19)25-11)20-23-17-13(28-2)9-6-10-14(17)29-20;;/h3-10,26H,1-2H3;3-10,25H,1-2H3;2*1H4. The van der Waals surface area contributed by atoms with Crippen molar-refractivity contribution in [2.75, 3.05) is 14.2 Å². The van der Waals surface area contributed by atoms with E-state index in [1.165, 1.54) is 16.1 Å². The number of rotatable bonds is 6. The Labute approximate surface area is 352 Å². The van der Waals surface area contributed by atoms with Gasteiger partial charge in [-0.1, -0.05) is 99.3 Å². The third-order valence-electron chi connectivity index (χ3n) is 9.74. The van der Waals surface area contributed by atoms with E-state index in [4.69, 9.17) is 29.9 Å². The zero-order chi connectivity index (χ0) is 40.9. The van der Waals surface area contributed by atoms with Gasteiger partial charge in [0.1, 0.15) is 33.8 Å². The van der Waals surface area contributed by atoms with E-state index in [1.54, 1.807) is 43.5 Å². The van der Waals surface area contributed by atoms with Gasteiger partial charge in [0, 0.05) is 22.5 Å². The zero-order valence-corrected chi connectivity index (χ0v) is 32.5. The molecule has 61 heavy (non-hydrogen) atoms. The zero-order valence-electron chi connectivity index (χ0n) is 31.7. The highest BCUT2D eigenvalue weighted by Gasteiger charge is 2.26. The number of nitrogens with one attached hydrogen (secondary N) is 2. The summed E-state index contributed by atoms with van der Waals surface area (Å²) in [4.78, 5) is 44.4. The van der Waals surface area contributed by atoms with Crippen molar-refractivity contribution in [3.05, 3.63) is 140 Å². The molecule has 0 aliphatic heterocycles. The van der Waals surface area contributed by atoms with Crippen LogP contribution < -0.4 is 20.6 Å². The fourth-order valence-electron chi connectivity index (χ4n) is 7.09. The van der Waals surface area contributed by atoms with E-state index in [0.29, 0.717) is 45.0 Å². The summed E-state index contributed by atoms with van der Waals surface area (Å²) in [6.45, 7) is 3.74. The Morgan fingerprint density at radius 3 is 1.51 bits per heavy atom. The first-order valence-corrected chi connectivity index (χ1v) is 18.4.